The third-order valence-corrected chi connectivity index (χ3v) is 8.74. The van der Waals surface area contributed by atoms with Crippen molar-refractivity contribution in [3.8, 4) is 11.5 Å². The van der Waals surface area contributed by atoms with Crippen molar-refractivity contribution in [3.63, 3.8) is 0 Å². The fraction of sp³-hybridized carbons (Fsp3) is 0.375. The number of unbranched alkanes of at least 4 members (excludes halogenated alkanes) is 1. The smallest absolute Gasteiger partial charge is 0.264 e. The summed E-state index contributed by atoms with van der Waals surface area (Å²) in [7, 11) is -1.18. The van der Waals surface area contributed by atoms with E-state index in [1.54, 1.807) is 55.6 Å². The zero-order valence-corrected chi connectivity index (χ0v) is 25.8. The Morgan fingerprint density at radius 3 is 2.17 bits per heavy atom. The summed E-state index contributed by atoms with van der Waals surface area (Å²) in [6.07, 6.45) is 2.07. The molecule has 0 radical (unpaired) electrons. The van der Waals surface area contributed by atoms with Crippen molar-refractivity contribution in [2.75, 3.05) is 31.6 Å². The van der Waals surface area contributed by atoms with E-state index in [0.29, 0.717) is 24.5 Å². The SMILES string of the molecule is CCCCNC(=O)C(CC)N(Cc1ccc(OC)cc1)C(=O)CN(c1ccccc1OC)S(=O)(=O)c1ccc(C)cc1. The molecule has 0 fully saturated rings. The number of nitrogens with zero attached hydrogens (tertiary/aromatic N) is 2. The fourth-order valence-corrected chi connectivity index (χ4v) is 5.96. The van der Waals surface area contributed by atoms with Gasteiger partial charge in [-0.3, -0.25) is 13.9 Å². The monoisotopic (exact) mass is 595 g/mol. The van der Waals surface area contributed by atoms with Gasteiger partial charge in [0.1, 0.15) is 24.1 Å². The van der Waals surface area contributed by atoms with E-state index in [9.17, 15) is 18.0 Å². The van der Waals surface area contributed by atoms with E-state index in [-0.39, 0.29) is 23.0 Å². The lowest BCUT2D eigenvalue weighted by Gasteiger charge is -2.33. The summed E-state index contributed by atoms with van der Waals surface area (Å²) in [5.41, 5.74) is 1.90. The van der Waals surface area contributed by atoms with Gasteiger partial charge in [-0.25, -0.2) is 8.42 Å². The molecule has 0 aliphatic heterocycles. The maximum atomic E-state index is 14.2. The lowest BCUT2D eigenvalue weighted by atomic mass is 10.1. The zero-order valence-electron chi connectivity index (χ0n) is 25.0. The number of carbonyl (C=O) groups is 2. The van der Waals surface area contributed by atoms with Crippen LogP contribution in [-0.2, 0) is 26.2 Å². The molecule has 0 saturated carbocycles. The van der Waals surface area contributed by atoms with Crippen LogP contribution in [0.5, 0.6) is 11.5 Å². The van der Waals surface area contributed by atoms with E-state index < -0.39 is 28.5 Å². The molecule has 3 aromatic rings. The summed E-state index contributed by atoms with van der Waals surface area (Å²) >= 11 is 0. The van der Waals surface area contributed by atoms with Gasteiger partial charge >= 0.3 is 0 Å². The zero-order chi connectivity index (χ0) is 30.7. The number of aryl methyl sites for hydroxylation is 1. The predicted molar refractivity (Wildman–Crippen MR) is 164 cm³/mol. The molecule has 0 bridgehead atoms. The minimum Gasteiger partial charge on any atom is -0.497 e. The molecule has 0 aliphatic carbocycles. The van der Waals surface area contributed by atoms with Gasteiger partial charge in [-0.2, -0.15) is 0 Å². The summed E-state index contributed by atoms with van der Waals surface area (Å²) < 4.78 is 39.9. The molecular weight excluding hydrogens is 554 g/mol. The molecule has 0 saturated heterocycles. The quantitative estimate of drug-likeness (QED) is 0.250. The number of rotatable bonds is 15. The van der Waals surface area contributed by atoms with Gasteiger partial charge in [0.05, 0.1) is 24.8 Å². The van der Waals surface area contributed by atoms with E-state index in [1.807, 2.05) is 32.9 Å². The number of benzene rings is 3. The number of ether oxygens (including phenoxy) is 2. The number of para-hydroxylation sites is 2. The third-order valence-electron chi connectivity index (χ3n) is 6.97. The van der Waals surface area contributed by atoms with Crippen molar-refractivity contribution in [2.24, 2.45) is 0 Å². The number of hydrogen-bond acceptors (Lipinski definition) is 6. The normalized spacial score (nSPS) is 11.8. The number of hydrogen-bond donors (Lipinski definition) is 1. The first-order valence-corrected chi connectivity index (χ1v) is 15.5. The van der Waals surface area contributed by atoms with Crippen molar-refractivity contribution >= 4 is 27.5 Å². The van der Waals surface area contributed by atoms with Crippen molar-refractivity contribution < 1.29 is 27.5 Å². The van der Waals surface area contributed by atoms with Crippen LogP contribution in [0, 0.1) is 6.92 Å². The molecular formula is C32H41N3O6S. The third kappa shape index (κ3) is 8.03. The lowest BCUT2D eigenvalue weighted by Crippen LogP contribution is -2.52. The Kier molecular flexibility index (Phi) is 11.8. The van der Waals surface area contributed by atoms with Crippen LogP contribution in [0.15, 0.2) is 77.7 Å². The van der Waals surface area contributed by atoms with Crippen molar-refractivity contribution in [1.82, 2.24) is 10.2 Å². The molecule has 9 nitrogen and oxygen atoms in total. The van der Waals surface area contributed by atoms with Crippen LogP contribution in [0.2, 0.25) is 0 Å². The Labute approximate surface area is 249 Å². The summed E-state index contributed by atoms with van der Waals surface area (Å²) in [4.78, 5) is 29.0. The Balaban J connectivity index is 2.06. The summed E-state index contributed by atoms with van der Waals surface area (Å²) in [5.74, 6) is 0.155. The Bertz CT molecular complexity index is 1430. The minimum absolute atomic E-state index is 0.0397. The van der Waals surface area contributed by atoms with Crippen LogP contribution in [-0.4, -0.2) is 58.5 Å². The van der Waals surface area contributed by atoms with E-state index in [1.165, 1.54) is 24.1 Å². The largest absolute Gasteiger partial charge is 0.497 e. The van der Waals surface area contributed by atoms with Crippen LogP contribution >= 0.6 is 0 Å². The summed E-state index contributed by atoms with van der Waals surface area (Å²) in [6.45, 7) is 5.79. The number of methoxy groups -OCH3 is 2. The van der Waals surface area contributed by atoms with Crippen molar-refractivity contribution in [2.45, 2.75) is 57.5 Å². The van der Waals surface area contributed by atoms with Gasteiger partial charge in [0.25, 0.3) is 10.0 Å². The highest BCUT2D eigenvalue weighted by atomic mass is 32.2. The van der Waals surface area contributed by atoms with Gasteiger partial charge < -0.3 is 19.7 Å². The van der Waals surface area contributed by atoms with Crippen LogP contribution in [0.4, 0.5) is 5.69 Å². The molecule has 42 heavy (non-hydrogen) atoms. The molecule has 0 aromatic heterocycles. The van der Waals surface area contributed by atoms with Crippen molar-refractivity contribution in [3.05, 3.63) is 83.9 Å². The molecule has 226 valence electrons. The van der Waals surface area contributed by atoms with Gasteiger partial charge in [-0.1, -0.05) is 62.2 Å². The van der Waals surface area contributed by atoms with Crippen LogP contribution in [0.1, 0.15) is 44.2 Å². The number of amides is 2. The van der Waals surface area contributed by atoms with Gasteiger partial charge in [0.15, 0.2) is 0 Å². The minimum atomic E-state index is -4.20. The molecule has 0 aliphatic rings. The van der Waals surface area contributed by atoms with Gasteiger partial charge in [-0.05, 0) is 61.7 Å². The Hall–Kier alpha value is -4.05. The molecule has 3 aromatic carbocycles. The fourth-order valence-electron chi connectivity index (χ4n) is 4.54. The number of sulfonamides is 1. The number of nitrogens with one attached hydrogen (secondary N) is 1. The second-order valence-corrected chi connectivity index (χ2v) is 11.8. The maximum Gasteiger partial charge on any atom is 0.264 e. The standard InChI is InChI=1S/C32H41N3O6S/c1-6-8-21-33-32(37)28(7-2)34(22-25-15-17-26(40-4)18-16-25)31(36)23-35(29-11-9-10-12-30(29)41-5)42(38,39)27-19-13-24(3)14-20-27/h9-20,28H,6-8,21-23H2,1-5H3,(H,33,37). The molecule has 3 rings (SSSR count). The predicted octanol–water partition coefficient (Wildman–Crippen LogP) is 4.93. The molecule has 2 amide bonds. The molecule has 1 atom stereocenters. The van der Waals surface area contributed by atoms with Gasteiger partial charge in [0, 0.05) is 13.1 Å². The van der Waals surface area contributed by atoms with Crippen LogP contribution in [0.25, 0.3) is 0 Å². The molecule has 10 heteroatoms. The Morgan fingerprint density at radius 1 is 0.905 bits per heavy atom. The van der Waals surface area contributed by atoms with Gasteiger partial charge in [-0.15, -0.1) is 0 Å². The topological polar surface area (TPSA) is 105 Å². The van der Waals surface area contributed by atoms with Gasteiger partial charge in [0.2, 0.25) is 11.8 Å². The highest BCUT2D eigenvalue weighted by Gasteiger charge is 2.34. The number of carbonyl (C=O) groups excluding carboxylic acids is 2. The number of anilines is 1. The van der Waals surface area contributed by atoms with Crippen molar-refractivity contribution in [1.29, 1.82) is 0 Å². The lowest BCUT2D eigenvalue weighted by molar-refractivity contribution is -0.140. The average molecular weight is 596 g/mol. The summed E-state index contributed by atoms with van der Waals surface area (Å²) in [5, 5.41) is 2.93. The highest BCUT2D eigenvalue weighted by Crippen LogP contribution is 2.32. The van der Waals surface area contributed by atoms with E-state index in [0.717, 1.165) is 28.3 Å². The van der Waals surface area contributed by atoms with E-state index >= 15 is 0 Å². The first-order chi connectivity index (χ1) is 20.2. The van der Waals surface area contributed by atoms with E-state index in [4.69, 9.17) is 9.47 Å². The first-order valence-electron chi connectivity index (χ1n) is 14.1. The second-order valence-electron chi connectivity index (χ2n) is 9.93. The molecule has 0 spiro atoms. The van der Waals surface area contributed by atoms with Crippen LogP contribution in [0.3, 0.4) is 0 Å². The van der Waals surface area contributed by atoms with E-state index in [2.05, 4.69) is 5.32 Å². The molecule has 1 unspecified atom stereocenters. The maximum absolute atomic E-state index is 14.2. The molecule has 1 N–H and O–H groups in total. The second kappa shape index (κ2) is 15.3. The Morgan fingerprint density at radius 2 is 1.57 bits per heavy atom. The average Bonchev–Trinajstić information content (AvgIpc) is 3.00. The summed E-state index contributed by atoms with van der Waals surface area (Å²) in [6, 6.07) is 19.5. The molecule has 0 heterocycles. The highest BCUT2D eigenvalue weighted by molar-refractivity contribution is 7.92. The van der Waals surface area contributed by atoms with Crippen LogP contribution < -0.4 is 19.1 Å². The first kappa shape index (κ1) is 32.5.